The summed E-state index contributed by atoms with van der Waals surface area (Å²) < 4.78 is 27.2. The van der Waals surface area contributed by atoms with Crippen LogP contribution >= 0.6 is 0 Å². The minimum absolute atomic E-state index is 0.0457. The van der Waals surface area contributed by atoms with Gasteiger partial charge in [-0.2, -0.15) is 4.31 Å². The van der Waals surface area contributed by atoms with Crippen LogP contribution in [0.2, 0.25) is 0 Å². The lowest BCUT2D eigenvalue weighted by Gasteiger charge is -2.39. The maximum atomic E-state index is 12.9. The summed E-state index contributed by atoms with van der Waals surface area (Å²) in [7, 11) is 0.0182. The van der Waals surface area contributed by atoms with E-state index in [0.717, 1.165) is 19.5 Å². The molecule has 128 valence electrons. The van der Waals surface area contributed by atoms with Crippen LogP contribution in [0.25, 0.3) is 0 Å². The molecule has 0 aliphatic carbocycles. The maximum absolute atomic E-state index is 12.9. The molecular formula is C16H24N2O4S. The third-order valence-electron chi connectivity index (χ3n) is 4.64. The van der Waals surface area contributed by atoms with Gasteiger partial charge in [0.15, 0.2) is 0 Å². The second-order valence-corrected chi connectivity index (χ2v) is 8.40. The molecule has 1 aromatic carbocycles. The Bertz CT molecular complexity index is 702. The van der Waals surface area contributed by atoms with Crippen molar-refractivity contribution < 1.29 is 18.3 Å². The molecule has 6 nitrogen and oxygen atoms in total. The van der Waals surface area contributed by atoms with Crippen molar-refractivity contribution in [3.63, 3.8) is 0 Å². The van der Waals surface area contributed by atoms with E-state index in [4.69, 9.17) is 5.11 Å². The Morgan fingerprint density at radius 2 is 2.04 bits per heavy atom. The van der Waals surface area contributed by atoms with E-state index >= 15 is 0 Å². The largest absolute Gasteiger partial charge is 0.478 e. The number of benzene rings is 1. The first-order valence-electron chi connectivity index (χ1n) is 7.65. The van der Waals surface area contributed by atoms with Crippen molar-refractivity contribution in [1.82, 2.24) is 9.21 Å². The summed E-state index contributed by atoms with van der Waals surface area (Å²) in [6.45, 7) is 5.40. The third kappa shape index (κ3) is 3.57. The fourth-order valence-electron chi connectivity index (χ4n) is 3.26. The lowest BCUT2D eigenvalue weighted by Crippen LogP contribution is -2.49. The van der Waals surface area contributed by atoms with E-state index in [9.17, 15) is 13.2 Å². The van der Waals surface area contributed by atoms with Gasteiger partial charge in [-0.05, 0) is 56.6 Å². The van der Waals surface area contributed by atoms with Gasteiger partial charge >= 0.3 is 5.97 Å². The lowest BCUT2D eigenvalue weighted by molar-refractivity contribution is 0.0696. The van der Waals surface area contributed by atoms with E-state index < -0.39 is 16.0 Å². The van der Waals surface area contributed by atoms with Crippen molar-refractivity contribution in [2.24, 2.45) is 5.92 Å². The molecular weight excluding hydrogens is 316 g/mol. The Morgan fingerprint density at radius 1 is 1.39 bits per heavy atom. The van der Waals surface area contributed by atoms with Gasteiger partial charge in [0, 0.05) is 19.6 Å². The molecule has 1 aromatic rings. The van der Waals surface area contributed by atoms with Crippen molar-refractivity contribution in [3.05, 3.63) is 29.3 Å². The number of hydrogen-bond donors (Lipinski definition) is 1. The number of carboxylic acid groups (broad SMARTS) is 1. The molecule has 0 aromatic heterocycles. The van der Waals surface area contributed by atoms with E-state index in [1.807, 2.05) is 7.05 Å². The number of hydrogen-bond acceptors (Lipinski definition) is 4. The quantitative estimate of drug-likeness (QED) is 0.902. The van der Waals surface area contributed by atoms with Gasteiger partial charge in [-0.1, -0.05) is 6.92 Å². The number of nitrogens with zero attached hydrogens (tertiary/aromatic N) is 2. The summed E-state index contributed by atoms with van der Waals surface area (Å²) >= 11 is 0. The molecule has 1 aliphatic rings. The van der Waals surface area contributed by atoms with E-state index in [1.165, 1.54) is 22.5 Å². The highest BCUT2D eigenvalue weighted by Gasteiger charge is 2.34. The van der Waals surface area contributed by atoms with Crippen LogP contribution in [0.5, 0.6) is 0 Å². The van der Waals surface area contributed by atoms with Gasteiger partial charge in [0.1, 0.15) is 0 Å². The number of carbonyl (C=O) groups is 1. The predicted octanol–water partition coefficient (Wildman–Crippen LogP) is 1.65. The normalized spacial score (nSPS) is 23.2. The second-order valence-electron chi connectivity index (χ2n) is 6.40. The second kappa shape index (κ2) is 6.59. The fourth-order valence-corrected chi connectivity index (χ4v) is 4.83. The number of sulfonamides is 1. The van der Waals surface area contributed by atoms with Gasteiger partial charge in [-0.3, -0.25) is 0 Å². The number of rotatable bonds is 4. The molecule has 0 radical (unpaired) electrons. The topological polar surface area (TPSA) is 77.9 Å². The minimum Gasteiger partial charge on any atom is -0.478 e. The van der Waals surface area contributed by atoms with Crippen LogP contribution in [0.3, 0.4) is 0 Å². The molecule has 0 bridgehead atoms. The van der Waals surface area contributed by atoms with Crippen LogP contribution in [-0.4, -0.2) is 61.9 Å². The summed E-state index contributed by atoms with van der Waals surface area (Å²) in [6.07, 6.45) is 0.791. The van der Waals surface area contributed by atoms with Crippen molar-refractivity contribution >= 4 is 16.0 Å². The van der Waals surface area contributed by atoms with Gasteiger partial charge < -0.3 is 10.0 Å². The van der Waals surface area contributed by atoms with E-state index in [-0.39, 0.29) is 22.4 Å². The summed E-state index contributed by atoms with van der Waals surface area (Å²) in [5.41, 5.74) is 0.572. The van der Waals surface area contributed by atoms with E-state index in [2.05, 4.69) is 11.8 Å². The molecule has 0 saturated carbocycles. The molecule has 2 unspecified atom stereocenters. The van der Waals surface area contributed by atoms with Gasteiger partial charge in [-0.25, -0.2) is 13.2 Å². The third-order valence-corrected chi connectivity index (χ3v) is 6.51. The summed E-state index contributed by atoms with van der Waals surface area (Å²) in [5, 5.41) is 9.07. The molecule has 1 aliphatic heterocycles. The molecule has 0 spiro atoms. The molecule has 7 heteroatoms. The monoisotopic (exact) mass is 340 g/mol. The highest BCUT2D eigenvalue weighted by atomic mass is 32.2. The summed E-state index contributed by atoms with van der Waals surface area (Å²) in [6, 6.07) is 4.13. The Balaban J connectivity index is 2.30. The zero-order chi connectivity index (χ0) is 17.4. The molecule has 1 N–H and O–H groups in total. The number of aromatic carboxylic acids is 1. The molecule has 0 amide bonds. The Morgan fingerprint density at radius 3 is 2.57 bits per heavy atom. The number of aryl methyl sites for hydroxylation is 1. The Labute approximate surface area is 137 Å². The first-order chi connectivity index (χ1) is 10.6. The van der Waals surface area contributed by atoms with Crippen LogP contribution < -0.4 is 0 Å². The molecule has 2 rings (SSSR count). The summed E-state index contributed by atoms with van der Waals surface area (Å²) in [5.74, 6) is -0.809. The predicted molar refractivity (Wildman–Crippen MR) is 88.2 cm³/mol. The van der Waals surface area contributed by atoms with Crippen LogP contribution in [0, 0.1) is 12.8 Å². The maximum Gasteiger partial charge on any atom is 0.335 e. The lowest BCUT2D eigenvalue weighted by atomic mass is 9.94. The minimum atomic E-state index is -3.63. The highest BCUT2D eigenvalue weighted by molar-refractivity contribution is 7.89. The zero-order valence-electron chi connectivity index (χ0n) is 14.0. The first kappa shape index (κ1) is 17.9. The van der Waals surface area contributed by atoms with Gasteiger partial charge in [0.2, 0.25) is 10.0 Å². The van der Waals surface area contributed by atoms with Crippen LogP contribution in [0.15, 0.2) is 23.1 Å². The average molecular weight is 340 g/mol. The number of carboxylic acids is 1. The fraction of sp³-hybridized carbons (Fsp3) is 0.562. The molecule has 1 fully saturated rings. The zero-order valence-corrected chi connectivity index (χ0v) is 14.8. The standard InChI is InChI=1S/C16H24N2O4S/c1-11-9-13(5-6-14(11)16(19)20)23(21,22)18(4)15-7-8-17(3)10-12(15)2/h5-6,9,12,15H,7-8,10H2,1-4H3,(H,19,20). The van der Waals surface area contributed by atoms with Gasteiger partial charge in [-0.15, -0.1) is 0 Å². The Hall–Kier alpha value is -1.44. The van der Waals surface area contributed by atoms with Crippen molar-refractivity contribution in [2.75, 3.05) is 27.2 Å². The van der Waals surface area contributed by atoms with Crippen LogP contribution in [0.1, 0.15) is 29.3 Å². The smallest absolute Gasteiger partial charge is 0.335 e. The highest BCUT2D eigenvalue weighted by Crippen LogP contribution is 2.26. The molecule has 1 saturated heterocycles. The van der Waals surface area contributed by atoms with Crippen molar-refractivity contribution in [1.29, 1.82) is 0 Å². The Kier molecular flexibility index (Phi) is 5.13. The summed E-state index contributed by atoms with van der Waals surface area (Å²) in [4.78, 5) is 13.4. The first-order valence-corrected chi connectivity index (χ1v) is 9.09. The number of piperidine rings is 1. The average Bonchev–Trinajstić information content (AvgIpc) is 2.46. The van der Waals surface area contributed by atoms with E-state index in [1.54, 1.807) is 14.0 Å². The van der Waals surface area contributed by atoms with Gasteiger partial charge in [0.25, 0.3) is 0 Å². The van der Waals surface area contributed by atoms with Crippen LogP contribution in [-0.2, 0) is 10.0 Å². The molecule has 1 heterocycles. The molecule has 23 heavy (non-hydrogen) atoms. The van der Waals surface area contributed by atoms with E-state index in [0.29, 0.717) is 5.56 Å². The van der Waals surface area contributed by atoms with Crippen LogP contribution in [0.4, 0.5) is 0 Å². The van der Waals surface area contributed by atoms with Crippen molar-refractivity contribution in [2.45, 2.75) is 31.2 Å². The molecule has 2 atom stereocenters. The number of likely N-dealkylation sites (tertiary alicyclic amines) is 1. The SMILES string of the molecule is Cc1cc(S(=O)(=O)N(C)C2CCN(C)CC2C)ccc1C(=O)O. The van der Waals surface area contributed by atoms with Crippen molar-refractivity contribution in [3.8, 4) is 0 Å². The van der Waals surface area contributed by atoms with Gasteiger partial charge in [0.05, 0.1) is 10.5 Å².